The third kappa shape index (κ3) is 1.52. The average Bonchev–Trinajstić information content (AvgIpc) is 2.63. The Hall–Kier alpha value is -2.13. The van der Waals surface area contributed by atoms with Gasteiger partial charge >= 0.3 is 0 Å². The van der Waals surface area contributed by atoms with Crippen LogP contribution in [0.15, 0.2) is 48.5 Å². The lowest BCUT2D eigenvalue weighted by Gasteiger charge is -2.01. The molecule has 0 atom stereocenters. The molecule has 0 amide bonds. The molecule has 0 saturated carbocycles. The van der Waals surface area contributed by atoms with Gasteiger partial charge in [-0.25, -0.2) is 0 Å². The van der Waals surface area contributed by atoms with Gasteiger partial charge in [0.25, 0.3) is 11.5 Å². The van der Waals surface area contributed by atoms with Gasteiger partial charge in [0.05, 0.1) is 5.56 Å². The van der Waals surface area contributed by atoms with Gasteiger partial charge in [-0.1, -0.05) is 29.8 Å². The van der Waals surface area contributed by atoms with Gasteiger partial charge < -0.3 is 5.21 Å². The van der Waals surface area contributed by atoms with Crippen molar-refractivity contribution in [2.45, 2.75) is 0 Å². The highest BCUT2D eigenvalue weighted by molar-refractivity contribution is 6.52. The van der Waals surface area contributed by atoms with E-state index in [9.17, 15) is 10.0 Å². The quantitative estimate of drug-likeness (QED) is 0.582. The van der Waals surface area contributed by atoms with Gasteiger partial charge in [0.2, 0.25) is 5.69 Å². The number of carbonyl (C=O) groups is 1. The van der Waals surface area contributed by atoms with Crippen LogP contribution in [0.25, 0.3) is 0 Å². The first kappa shape index (κ1) is 11.0. The second-order valence-corrected chi connectivity index (χ2v) is 4.44. The molecule has 0 unspecified atom stereocenters. The summed E-state index contributed by atoms with van der Waals surface area (Å²) in [6, 6.07) is 13.5. The van der Waals surface area contributed by atoms with Crippen LogP contribution in [0, 0.1) is 5.21 Å². The molecule has 1 aliphatic rings. The van der Waals surface area contributed by atoms with Gasteiger partial charge in [-0.3, -0.25) is 4.79 Å². The van der Waals surface area contributed by atoms with Crippen molar-refractivity contribution in [2.24, 2.45) is 0 Å². The molecule has 0 fully saturated rings. The molecule has 2 aromatic carbocycles. The SMILES string of the molecule is O=C1C(c2cccc(Cl)c2)=[N+]([O-])c2ccccc21. The van der Waals surface area contributed by atoms with Crippen LogP contribution in [0.1, 0.15) is 15.9 Å². The summed E-state index contributed by atoms with van der Waals surface area (Å²) in [6.45, 7) is 0. The molecule has 0 aromatic heterocycles. The van der Waals surface area contributed by atoms with Crippen molar-refractivity contribution in [3.8, 4) is 0 Å². The van der Waals surface area contributed by atoms with Gasteiger partial charge in [0, 0.05) is 11.1 Å². The van der Waals surface area contributed by atoms with E-state index >= 15 is 0 Å². The third-order valence-electron chi connectivity index (χ3n) is 2.88. The maximum absolute atomic E-state index is 12.2. The molecule has 3 rings (SSSR count). The number of nitrogens with zero attached hydrogens (tertiary/aromatic N) is 1. The van der Waals surface area contributed by atoms with E-state index in [1.807, 2.05) is 0 Å². The smallest absolute Gasteiger partial charge is 0.273 e. The minimum atomic E-state index is -0.261. The number of fused-ring (bicyclic) bond motifs is 1. The Morgan fingerprint density at radius 1 is 1.06 bits per heavy atom. The van der Waals surface area contributed by atoms with Crippen LogP contribution in [0.5, 0.6) is 0 Å². The van der Waals surface area contributed by atoms with Gasteiger partial charge in [-0.2, -0.15) is 4.74 Å². The molecule has 18 heavy (non-hydrogen) atoms. The van der Waals surface area contributed by atoms with Crippen molar-refractivity contribution in [1.29, 1.82) is 0 Å². The van der Waals surface area contributed by atoms with E-state index in [4.69, 9.17) is 11.6 Å². The summed E-state index contributed by atoms with van der Waals surface area (Å²) in [5, 5.41) is 12.6. The molecule has 4 heteroatoms. The molecule has 2 aromatic rings. The fourth-order valence-electron chi connectivity index (χ4n) is 2.07. The lowest BCUT2D eigenvalue weighted by Crippen LogP contribution is -2.16. The Morgan fingerprint density at radius 2 is 1.83 bits per heavy atom. The zero-order valence-electron chi connectivity index (χ0n) is 9.26. The molecular formula is C14H8ClNO2. The van der Waals surface area contributed by atoms with Crippen molar-refractivity contribution >= 4 is 28.8 Å². The van der Waals surface area contributed by atoms with Crippen LogP contribution >= 0.6 is 11.6 Å². The van der Waals surface area contributed by atoms with E-state index in [1.54, 1.807) is 48.5 Å². The van der Waals surface area contributed by atoms with Gasteiger partial charge in [0.15, 0.2) is 0 Å². The third-order valence-corrected chi connectivity index (χ3v) is 3.12. The first-order valence-corrected chi connectivity index (χ1v) is 5.80. The Labute approximate surface area is 109 Å². The number of Topliss-reactive ketones (excluding diaryl/α,β-unsaturated/α-hetero) is 1. The first-order chi connectivity index (χ1) is 8.68. The molecule has 1 heterocycles. The Balaban J connectivity index is 2.21. The maximum Gasteiger partial charge on any atom is 0.273 e. The highest BCUT2D eigenvalue weighted by atomic mass is 35.5. The molecular weight excluding hydrogens is 250 g/mol. The number of hydrogen-bond acceptors (Lipinski definition) is 2. The topological polar surface area (TPSA) is 43.1 Å². The minimum Gasteiger partial charge on any atom is -0.618 e. The summed E-state index contributed by atoms with van der Waals surface area (Å²) in [5.74, 6) is -0.261. The van der Waals surface area contributed by atoms with E-state index in [0.29, 0.717) is 26.6 Å². The van der Waals surface area contributed by atoms with Gasteiger partial charge in [-0.15, -0.1) is 0 Å². The Kier molecular flexibility index (Phi) is 2.42. The monoisotopic (exact) mass is 257 g/mol. The number of carbonyl (C=O) groups excluding carboxylic acids is 1. The Morgan fingerprint density at radius 3 is 2.56 bits per heavy atom. The fourth-order valence-corrected chi connectivity index (χ4v) is 2.26. The normalized spacial score (nSPS) is 13.9. The number of para-hydroxylation sites is 1. The lowest BCUT2D eigenvalue weighted by molar-refractivity contribution is -0.355. The molecule has 0 saturated heterocycles. The van der Waals surface area contributed by atoms with Crippen LogP contribution in [0.3, 0.4) is 0 Å². The summed E-state index contributed by atoms with van der Waals surface area (Å²) >= 11 is 5.88. The van der Waals surface area contributed by atoms with Crippen molar-refractivity contribution in [2.75, 3.05) is 0 Å². The summed E-state index contributed by atoms with van der Waals surface area (Å²) in [5.41, 5.74) is 1.48. The minimum absolute atomic E-state index is 0.124. The number of halogens is 1. The maximum atomic E-state index is 12.2. The fraction of sp³-hybridized carbons (Fsp3) is 0. The first-order valence-electron chi connectivity index (χ1n) is 5.42. The number of rotatable bonds is 1. The average molecular weight is 258 g/mol. The van der Waals surface area contributed by atoms with E-state index in [-0.39, 0.29) is 11.5 Å². The molecule has 0 bridgehead atoms. The van der Waals surface area contributed by atoms with Crippen molar-refractivity contribution < 1.29 is 9.53 Å². The van der Waals surface area contributed by atoms with E-state index in [2.05, 4.69) is 0 Å². The molecule has 1 aliphatic heterocycles. The zero-order chi connectivity index (χ0) is 12.7. The zero-order valence-corrected chi connectivity index (χ0v) is 10.0. The lowest BCUT2D eigenvalue weighted by atomic mass is 10.0. The van der Waals surface area contributed by atoms with E-state index in [0.717, 1.165) is 0 Å². The molecule has 88 valence electrons. The summed E-state index contributed by atoms with van der Waals surface area (Å²) in [4.78, 5) is 12.2. The summed E-state index contributed by atoms with van der Waals surface area (Å²) in [6.07, 6.45) is 0. The van der Waals surface area contributed by atoms with Crippen LogP contribution in [0.2, 0.25) is 5.02 Å². The molecule has 0 N–H and O–H groups in total. The van der Waals surface area contributed by atoms with E-state index in [1.165, 1.54) is 0 Å². The molecule has 0 radical (unpaired) electrons. The number of hydrogen-bond donors (Lipinski definition) is 0. The Bertz CT molecular complexity index is 692. The van der Waals surface area contributed by atoms with Crippen LogP contribution in [-0.4, -0.2) is 16.2 Å². The van der Waals surface area contributed by atoms with Crippen LogP contribution in [0.4, 0.5) is 5.69 Å². The number of benzene rings is 2. The summed E-state index contributed by atoms with van der Waals surface area (Å²) < 4.78 is 0.670. The van der Waals surface area contributed by atoms with Crippen molar-refractivity contribution in [1.82, 2.24) is 0 Å². The van der Waals surface area contributed by atoms with Crippen molar-refractivity contribution in [3.63, 3.8) is 0 Å². The van der Waals surface area contributed by atoms with Crippen molar-refractivity contribution in [3.05, 3.63) is 69.9 Å². The van der Waals surface area contributed by atoms with Gasteiger partial charge in [-0.05, 0) is 24.3 Å². The highest BCUT2D eigenvalue weighted by Crippen LogP contribution is 2.28. The highest BCUT2D eigenvalue weighted by Gasteiger charge is 2.36. The molecule has 0 spiro atoms. The van der Waals surface area contributed by atoms with E-state index < -0.39 is 0 Å². The van der Waals surface area contributed by atoms with Gasteiger partial charge in [0.1, 0.15) is 5.56 Å². The summed E-state index contributed by atoms with van der Waals surface area (Å²) in [7, 11) is 0. The largest absolute Gasteiger partial charge is 0.618 e. The van der Waals surface area contributed by atoms with Crippen LogP contribution < -0.4 is 0 Å². The predicted molar refractivity (Wildman–Crippen MR) is 69.6 cm³/mol. The molecule has 3 nitrogen and oxygen atoms in total. The second-order valence-electron chi connectivity index (χ2n) is 4.00. The standard InChI is InChI=1S/C14H8ClNO2/c15-10-5-3-4-9(8-10)13-14(17)11-6-1-2-7-12(11)16(13)18/h1-8H. The number of ketones is 1. The molecule has 0 aliphatic carbocycles. The predicted octanol–water partition coefficient (Wildman–Crippen LogP) is 3.17. The second kappa shape index (κ2) is 3.96. The van der Waals surface area contributed by atoms with Crippen LogP contribution in [-0.2, 0) is 0 Å².